The number of ether oxygens (including phenoxy) is 1. The van der Waals surface area contributed by atoms with Gasteiger partial charge in [0.15, 0.2) is 0 Å². The first-order valence-corrected chi connectivity index (χ1v) is 5.91. The predicted molar refractivity (Wildman–Crippen MR) is 63.4 cm³/mol. The average Bonchev–Trinajstić information content (AvgIpc) is 2.30. The third-order valence-electron chi connectivity index (χ3n) is 2.87. The number of para-hydroxylation sites is 1. The van der Waals surface area contributed by atoms with Crippen molar-refractivity contribution in [2.75, 3.05) is 25.1 Å². The molecule has 4 heteroatoms. The SMILES string of the molecule is Fc1cccc(Cl)c1NCC1CCOCC1. The molecular formula is C12H15ClFNO. The van der Waals surface area contributed by atoms with E-state index in [0.717, 1.165) is 32.6 Å². The zero-order valence-corrected chi connectivity index (χ0v) is 9.77. The van der Waals surface area contributed by atoms with E-state index in [1.807, 2.05) is 0 Å². The summed E-state index contributed by atoms with van der Waals surface area (Å²) in [5, 5.41) is 3.53. The van der Waals surface area contributed by atoms with Crippen molar-refractivity contribution < 1.29 is 9.13 Å². The van der Waals surface area contributed by atoms with Crippen LogP contribution in [0.2, 0.25) is 5.02 Å². The molecule has 1 aromatic carbocycles. The van der Waals surface area contributed by atoms with Gasteiger partial charge >= 0.3 is 0 Å². The van der Waals surface area contributed by atoms with Gasteiger partial charge in [-0.3, -0.25) is 0 Å². The summed E-state index contributed by atoms with van der Waals surface area (Å²) in [6.07, 6.45) is 2.05. The highest BCUT2D eigenvalue weighted by atomic mass is 35.5. The first kappa shape index (κ1) is 11.7. The largest absolute Gasteiger partial charge is 0.381 e. The standard InChI is InChI=1S/C12H15ClFNO/c13-10-2-1-3-11(14)12(10)15-8-9-4-6-16-7-5-9/h1-3,9,15H,4-8H2. The molecule has 1 aliphatic heterocycles. The second kappa shape index (κ2) is 5.51. The predicted octanol–water partition coefficient (Wildman–Crippen LogP) is 3.32. The summed E-state index contributed by atoms with van der Waals surface area (Å²) < 4.78 is 18.7. The Morgan fingerprint density at radius 1 is 1.38 bits per heavy atom. The van der Waals surface area contributed by atoms with Crippen LogP contribution in [0.4, 0.5) is 10.1 Å². The fourth-order valence-corrected chi connectivity index (χ4v) is 2.09. The summed E-state index contributed by atoms with van der Waals surface area (Å²) in [7, 11) is 0. The monoisotopic (exact) mass is 243 g/mol. The Bertz CT molecular complexity index is 333. The molecule has 0 saturated carbocycles. The van der Waals surface area contributed by atoms with E-state index in [1.54, 1.807) is 12.1 Å². The van der Waals surface area contributed by atoms with Crippen LogP contribution in [0.1, 0.15) is 12.8 Å². The molecule has 88 valence electrons. The lowest BCUT2D eigenvalue weighted by molar-refractivity contribution is 0.0699. The molecule has 0 aliphatic carbocycles. The van der Waals surface area contributed by atoms with Crippen LogP contribution in [-0.4, -0.2) is 19.8 Å². The molecule has 1 N–H and O–H groups in total. The van der Waals surface area contributed by atoms with Gasteiger partial charge in [-0.15, -0.1) is 0 Å². The van der Waals surface area contributed by atoms with Crippen molar-refractivity contribution in [3.8, 4) is 0 Å². The van der Waals surface area contributed by atoms with E-state index >= 15 is 0 Å². The van der Waals surface area contributed by atoms with Gasteiger partial charge in [-0.05, 0) is 30.9 Å². The van der Waals surface area contributed by atoms with Crippen LogP contribution in [0.5, 0.6) is 0 Å². The molecule has 0 radical (unpaired) electrons. The van der Waals surface area contributed by atoms with E-state index in [-0.39, 0.29) is 5.82 Å². The summed E-state index contributed by atoms with van der Waals surface area (Å²) in [5.74, 6) is 0.254. The molecule has 2 nitrogen and oxygen atoms in total. The topological polar surface area (TPSA) is 21.3 Å². The smallest absolute Gasteiger partial charge is 0.147 e. The molecule has 0 bridgehead atoms. The summed E-state index contributed by atoms with van der Waals surface area (Å²) in [4.78, 5) is 0. The van der Waals surface area contributed by atoms with Crippen LogP contribution >= 0.6 is 11.6 Å². The van der Waals surface area contributed by atoms with Crippen LogP contribution < -0.4 is 5.32 Å². The number of hydrogen-bond donors (Lipinski definition) is 1. The molecule has 1 aromatic rings. The first-order valence-electron chi connectivity index (χ1n) is 5.53. The van der Waals surface area contributed by atoms with E-state index in [1.165, 1.54) is 6.07 Å². The molecule has 16 heavy (non-hydrogen) atoms. The van der Waals surface area contributed by atoms with Crippen LogP contribution in [-0.2, 0) is 4.74 Å². The molecule has 0 amide bonds. The number of halogens is 2. The van der Waals surface area contributed by atoms with Crippen molar-refractivity contribution in [2.45, 2.75) is 12.8 Å². The normalized spacial score (nSPS) is 17.4. The molecule has 0 unspecified atom stereocenters. The van der Waals surface area contributed by atoms with Gasteiger partial charge in [0.1, 0.15) is 5.82 Å². The molecule has 1 saturated heterocycles. The van der Waals surface area contributed by atoms with Crippen LogP contribution in [0.3, 0.4) is 0 Å². The second-order valence-electron chi connectivity index (χ2n) is 4.03. The van der Waals surface area contributed by atoms with Gasteiger partial charge in [0, 0.05) is 19.8 Å². The summed E-state index contributed by atoms with van der Waals surface area (Å²) in [5.41, 5.74) is 0.413. The van der Waals surface area contributed by atoms with Crippen molar-refractivity contribution in [3.63, 3.8) is 0 Å². The van der Waals surface area contributed by atoms with Gasteiger partial charge in [0.25, 0.3) is 0 Å². The lowest BCUT2D eigenvalue weighted by atomic mass is 10.0. The van der Waals surface area contributed by atoms with Crippen molar-refractivity contribution in [2.24, 2.45) is 5.92 Å². The number of benzene rings is 1. The zero-order valence-electron chi connectivity index (χ0n) is 9.01. The zero-order chi connectivity index (χ0) is 11.4. The Kier molecular flexibility index (Phi) is 4.02. The summed E-state index contributed by atoms with van der Waals surface area (Å²) >= 11 is 5.92. The molecule has 0 atom stereocenters. The summed E-state index contributed by atoms with van der Waals surface area (Å²) in [6, 6.07) is 4.71. The minimum Gasteiger partial charge on any atom is -0.381 e. The van der Waals surface area contributed by atoms with Crippen molar-refractivity contribution >= 4 is 17.3 Å². The molecule has 2 rings (SSSR count). The molecule has 1 aliphatic rings. The Balaban J connectivity index is 1.93. The fourth-order valence-electron chi connectivity index (χ4n) is 1.86. The number of rotatable bonds is 3. The van der Waals surface area contributed by atoms with Crippen molar-refractivity contribution in [1.29, 1.82) is 0 Å². The maximum Gasteiger partial charge on any atom is 0.147 e. The Hall–Kier alpha value is -0.800. The third kappa shape index (κ3) is 2.86. The Morgan fingerprint density at radius 3 is 2.81 bits per heavy atom. The lowest BCUT2D eigenvalue weighted by Crippen LogP contribution is -2.23. The number of hydrogen-bond acceptors (Lipinski definition) is 2. The van der Waals surface area contributed by atoms with Gasteiger partial charge in [-0.25, -0.2) is 4.39 Å². The highest BCUT2D eigenvalue weighted by molar-refractivity contribution is 6.33. The average molecular weight is 244 g/mol. The van der Waals surface area contributed by atoms with E-state index < -0.39 is 0 Å². The quantitative estimate of drug-likeness (QED) is 0.880. The van der Waals surface area contributed by atoms with Gasteiger partial charge in [0.05, 0.1) is 10.7 Å². The maximum absolute atomic E-state index is 13.4. The molecular weight excluding hydrogens is 229 g/mol. The fraction of sp³-hybridized carbons (Fsp3) is 0.500. The minimum atomic E-state index is -0.292. The van der Waals surface area contributed by atoms with Crippen molar-refractivity contribution in [1.82, 2.24) is 0 Å². The van der Waals surface area contributed by atoms with Crippen molar-refractivity contribution in [3.05, 3.63) is 29.0 Å². The minimum absolute atomic E-state index is 0.292. The van der Waals surface area contributed by atoms with Gasteiger partial charge < -0.3 is 10.1 Å². The maximum atomic E-state index is 13.4. The van der Waals surface area contributed by atoms with Crippen LogP contribution in [0.25, 0.3) is 0 Å². The highest BCUT2D eigenvalue weighted by Gasteiger charge is 2.14. The molecule has 0 aromatic heterocycles. The van der Waals surface area contributed by atoms with Gasteiger partial charge in [-0.2, -0.15) is 0 Å². The van der Waals surface area contributed by atoms with E-state index in [0.29, 0.717) is 16.6 Å². The molecule has 0 spiro atoms. The van der Waals surface area contributed by atoms with Crippen LogP contribution in [0, 0.1) is 11.7 Å². The molecule has 1 fully saturated rings. The Morgan fingerprint density at radius 2 is 2.12 bits per heavy atom. The van der Waals surface area contributed by atoms with Crippen LogP contribution in [0.15, 0.2) is 18.2 Å². The lowest BCUT2D eigenvalue weighted by Gasteiger charge is -2.23. The summed E-state index contributed by atoms with van der Waals surface area (Å²) in [6.45, 7) is 2.36. The van der Waals surface area contributed by atoms with E-state index in [2.05, 4.69) is 5.32 Å². The van der Waals surface area contributed by atoms with E-state index in [4.69, 9.17) is 16.3 Å². The highest BCUT2D eigenvalue weighted by Crippen LogP contribution is 2.25. The first-order chi connectivity index (χ1) is 7.77. The number of anilines is 1. The van der Waals surface area contributed by atoms with E-state index in [9.17, 15) is 4.39 Å². The third-order valence-corrected chi connectivity index (χ3v) is 3.19. The van der Waals surface area contributed by atoms with Gasteiger partial charge in [-0.1, -0.05) is 17.7 Å². The van der Waals surface area contributed by atoms with Gasteiger partial charge in [0.2, 0.25) is 0 Å². The molecule has 1 heterocycles. The Labute approximate surface area is 99.7 Å². The number of nitrogens with one attached hydrogen (secondary N) is 1. The second-order valence-corrected chi connectivity index (χ2v) is 4.44.